The number of hydrogen-bond acceptors (Lipinski definition) is 4. The van der Waals surface area contributed by atoms with Crippen LogP contribution in [0.1, 0.15) is 19.8 Å². The summed E-state index contributed by atoms with van der Waals surface area (Å²) < 4.78 is 10.9. The molecule has 96 valence electrons. The van der Waals surface area contributed by atoms with E-state index in [1.807, 2.05) is 0 Å². The Balaban J connectivity index is 2.40. The van der Waals surface area contributed by atoms with Crippen molar-refractivity contribution in [2.24, 2.45) is 0 Å². The zero-order chi connectivity index (χ0) is 13.0. The summed E-state index contributed by atoms with van der Waals surface area (Å²) in [4.78, 5) is 4.19. The topological polar surface area (TPSA) is 51.6 Å². The minimum Gasteiger partial charge on any atom is -0.507 e. The summed E-state index contributed by atoms with van der Waals surface area (Å²) >= 11 is 0. The van der Waals surface area contributed by atoms with Gasteiger partial charge in [-0.3, -0.25) is 4.98 Å². The van der Waals surface area contributed by atoms with Crippen LogP contribution in [-0.2, 0) is 0 Å². The van der Waals surface area contributed by atoms with E-state index in [1.165, 1.54) is 0 Å². The van der Waals surface area contributed by atoms with Crippen LogP contribution in [0.5, 0.6) is 17.2 Å². The molecule has 1 aromatic carbocycles. The molecule has 18 heavy (non-hydrogen) atoms. The first kappa shape index (κ1) is 12.5. The van der Waals surface area contributed by atoms with Gasteiger partial charge in [0.15, 0.2) is 11.5 Å². The third-order valence-corrected chi connectivity index (χ3v) is 2.76. The van der Waals surface area contributed by atoms with Gasteiger partial charge in [-0.15, -0.1) is 0 Å². The number of unbranched alkanes of at least 4 members (excludes halogenated alkanes) is 1. The number of rotatable bonds is 5. The van der Waals surface area contributed by atoms with Crippen LogP contribution < -0.4 is 9.47 Å². The maximum absolute atomic E-state index is 9.79. The first-order chi connectivity index (χ1) is 8.76. The maximum atomic E-state index is 9.79. The molecule has 4 heteroatoms. The maximum Gasteiger partial charge on any atom is 0.162 e. The Hall–Kier alpha value is -1.97. The van der Waals surface area contributed by atoms with Crippen LogP contribution in [0.15, 0.2) is 24.4 Å². The van der Waals surface area contributed by atoms with Gasteiger partial charge in [-0.1, -0.05) is 13.3 Å². The predicted molar refractivity (Wildman–Crippen MR) is 70.4 cm³/mol. The molecule has 0 radical (unpaired) electrons. The van der Waals surface area contributed by atoms with E-state index in [0.29, 0.717) is 29.0 Å². The summed E-state index contributed by atoms with van der Waals surface area (Å²) in [6, 6.07) is 5.10. The molecule has 0 saturated heterocycles. The second-order valence-electron chi connectivity index (χ2n) is 4.05. The lowest BCUT2D eigenvalue weighted by molar-refractivity contribution is 0.289. The number of methoxy groups -OCH3 is 1. The molecular formula is C14H17NO3. The monoisotopic (exact) mass is 247 g/mol. The summed E-state index contributed by atoms with van der Waals surface area (Å²) in [6.07, 6.45) is 3.62. The van der Waals surface area contributed by atoms with Crippen LogP contribution in [0.3, 0.4) is 0 Å². The second-order valence-corrected chi connectivity index (χ2v) is 4.05. The predicted octanol–water partition coefficient (Wildman–Crippen LogP) is 3.13. The number of aromatic hydroxyl groups is 1. The molecule has 0 saturated carbocycles. The van der Waals surface area contributed by atoms with Gasteiger partial charge in [0, 0.05) is 17.6 Å². The normalized spacial score (nSPS) is 10.6. The first-order valence-corrected chi connectivity index (χ1v) is 6.04. The van der Waals surface area contributed by atoms with E-state index in [0.717, 1.165) is 12.8 Å². The largest absolute Gasteiger partial charge is 0.507 e. The average molecular weight is 247 g/mol. The lowest BCUT2D eigenvalue weighted by atomic mass is 10.2. The Morgan fingerprint density at radius 2 is 2.11 bits per heavy atom. The number of pyridine rings is 1. The van der Waals surface area contributed by atoms with Crippen molar-refractivity contribution < 1.29 is 14.6 Å². The summed E-state index contributed by atoms with van der Waals surface area (Å²) in [5, 5.41) is 10.5. The van der Waals surface area contributed by atoms with Crippen molar-refractivity contribution >= 4 is 10.9 Å². The number of benzene rings is 1. The van der Waals surface area contributed by atoms with E-state index in [1.54, 1.807) is 31.5 Å². The van der Waals surface area contributed by atoms with Gasteiger partial charge in [0.2, 0.25) is 0 Å². The van der Waals surface area contributed by atoms with Crippen molar-refractivity contribution in [3.05, 3.63) is 24.4 Å². The van der Waals surface area contributed by atoms with Gasteiger partial charge in [0.05, 0.1) is 19.2 Å². The smallest absolute Gasteiger partial charge is 0.162 e. The Bertz CT molecular complexity index is 540. The van der Waals surface area contributed by atoms with E-state index in [4.69, 9.17) is 9.47 Å². The highest BCUT2D eigenvalue weighted by molar-refractivity contribution is 5.87. The Kier molecular flexibility index (Phi) is 3.87. The molecule has 0 aliphatic carbocycles. The average Bonchev–Trinajstić information content (AvgIpc) is 2.39. The van der Waals surface area contributed by atoms with Crippen LogP contribution in [0.25, 0.3) is 10.9 Å². The Morgan fingerprint density at radius 3 is 2.83 bits per heavy atom. The van der Waals surface area contributed by atoms with Crippen molar-refractivity contribution in [1.29, 1.82) is 0 Å². The summed E-state index contributed by atoms with van der Waals surface area (Å²) in [5.74, 6) is 1.47. The quantitative estimate of drug-likeness (QED) is 0.825. The van der Waals surface area contributed by atoms with E-state index in [9.17, 15) is 5.11 Å². The minimum absolute atomic E-state index is 0.197. The SMILES string of the molecule is CCCCOc1cc2c(O)ccnc2cc1OC. The molecule has 0 spiro atoms. The van der Waals surface area contributed by atoms with E-state index in [-0.39, 0.29) is 5.75 Å². The van der Waals surface area contributed by atoms with Crippen molar-refractivity contribution in [1.82, 2.24) is 4.98 Å². The Labute approximate surface area is 106 Å². The lowest BCUT2D eigenvalue weighted by Gasteiger charge is -2.11. The summed E-state index contributed by atoms with van der Waals surface area (Å²) in [7, 11) is 1.59. The fraction of sp³-hybridized carbons (Fsp3) is 0.357. The van der Waals surface area contributed by atoms with Gasteiger partial charge < -0.3 is 14.6 Å². The molecule has 1 aromatic heterocycles. The van der Waals surface area contributed by atoms with Gasteiger partial charge >= 0.3 is 0 Å². The molecule has 0 unspecified atom stereocenters. The molecule has 0 amide bonds. The van der Waals surface area contributed by atoms with Gasteiger partial charge in [-0.05, 0) is 18.6 Å². The van der Waals surface area contributed by atoms with Crippen LogP contribution in [0, 0.1) is 0 Å². The zero-order valence-corrected chi connectivity index (χ0v) is 10.6. The highest BCUT2D eigenvalue weighted by Crippen LogP contribution is 2.34. The molecule has 0 aliphatic heterocycles. The third kappa shape index (κ3) is 2.47. The molecule has 0 bridgehead atoms. The number of nitrogens with zero attached hydrogens (tertiary/aromatic N) is 1. The van der Waals surface area contributed by atoms with Crippen LogP contribution in [0.2, 0.25) is 0 Å². The van der Waals surface area contributed by atoms with E-state index in [2.05, 4.69) is 11.9 Å². The van der Waals surface area contributed by atoms with Gasteiger partial charge in [-0.25, -0.2) is 0 Å². The van der Waals surface area contributed by atoms with E-state index < -0.39 is 0 Å². The number of ether oxygens (including phenoxy) is 2. The molecule has 4 nitrogen and oxygen atoms in total. The third-order valence-electron chi connectivity index (χ3n) is 2.76. The Morgan fingerprint density at radius 1 is 1.28 bits per heavy atom. The first-order valence-electron chi connectivity index (χ1n) is 6.04. The van der Waals surface area contributed by atoms with E-state index >= 15 is 0 Å². The molecule has 2 rings (SSSR count). The highest BCUT2D eigenvalue weighted by Gasteiger charge is 2.09. The van der Waals surface area contributed by atoms with Crippen LogP contribution in [0.4, 0.5) is 0 Å². The number of fused-ring (bicyclic) bond motifs is 1. The van der Waals surface area contributed by atoms with Crippen molar-refractivity contribution in [2.45, 2.75) is 19.8 Å². The highest BCUT2D eigenvalue weighted by atomic mass is 16.5. The fourth-order valence-electron chi connectivity index (χ4n) is 1.74. The second kappa shape index (κ2) is 5.58. The van der Waals surface area contributed by atoms with Crippen molar-refractivity contribution in [3.63, 3.8) is 0 Å². The molecule has 0 aliphatic rings. The molecule has 1 N–H and O–H groups in total. The molecule has 1 heterocycles. The fourth-order valence-corrected chi connectivity index (χ4v) is 1.74. The zero-order valence-electron chi connectivity index (χ0n) is 10.6. The van der Waals surface area contributed by atoms with Crippen LogP contribution >= 0.6 is 0 Å². The van der Waals surface area contributed by atoms with Crippen molar-refractivity contribution in [3.8, 4) is 17.2 Å². The van der Waals surface area contributed by atoms with Crippen molar-refractivity contribution in [2.75, 3.05) is 13.7 Å². The molecule has 0 atom stereocenters. The minimum atomic E-state index is 0.197. The number of aromatic nitrogens is 1. The summed E-state index contributed by atoms with van der Waals surface area (Å²) in [6.45, 7) is 2.75. The number of hydrogen-bond donors (Lipinski definition) is 1. The summed E-state index contributed by atoms with van der Waals surface area (Å²) in [5.41, 5.74) is 0.690. The van der Waals surface area contributed by atoms with Gasteiger partial charge in [-0.2, -0.15) is 0 Å². The molecular weight excluding hydrogens is 230 g/mol. The van der Waals surface area contributed by atoms with Gasteiger partial charge in [0.1, 0.15) is 5.75 Å². The van der Waals surface area contributed by atoms with Gasteiger partial charge in [0.25, 0.3) is 0 Å². The van der Waals surface area contributed by atoms with Crippen LogP contribution in [-0.4, -0.2) is 23.8 Å². The molecule has 2 aromatic rings. The molecule has 0 fully saturated rings. The standard InChI is InChI=1S/C14H17NO3/c1-3-4-7-18-14-8-10-11(9-13(14)17-2)15-6-5-12(10)16/h5-6,8-9H,3-4,7H2,1-2H3,(H,15,16). The lowest BCUT2D eigenvalue weighted by Crippen LogP contribution is -1.99.